The molecule has 4 heteroatoms. The fraction of sp³-hybridized carbons (Fsp3) is 0.205. The van der Waals surface area contributed by atoms with Gasteiger partial charge in [0.15, 0.2) is 0 Å². The van der Waals surface area contributed by atoms with E-state index >= 15 is 0 Å². The van der Waals surface area contributed by atoms with E-state index < -0.39 is 118 Å². The van der Waals surface area contributed by atoms with Crippen molar-refractivity contribution in [2.45, 2.75) is 112 Å². The fourth-order valence-electron chi connectivity index (χ4n) is 12.7. The molecule has 3 heterocycles. The highest BCUT2D eigenvalue weighted by Crippen LogP contribution is 2.55. The summed E-state index contributed by atoms with van der Waals surface area (Å²) < 4.78 is 162. The summed E-state index contributed by atoms with van der Waals surface area (Å²) in [5.41, 5.74) is 6.51. The molecule has 3 nitrogen and oxygen atoms in total. The molecule has 0 spiro atoms. The van der Waals surface area contributed by atoms with Crippen LogP contribution in [-0.2, 0) is 21.7 Å². The number of hydrogen-bond acceptors (Lipinski definition) is 2. The van der Waals surface area contributed by atoms with Gasteiger partial charge in [0.25, 0.3) is 6.71 Å². The maximum atomic E-state index is 11.6. The third-order valence-corrected chi connectivity index (χ3v) is 17.4. The van der Waals surface area contributed by atoms with Gasteiger partial charge in [-0.3, -0.25) is 0 Å². The Bertz CT molecular complexity index is 5370. The van der Waals surface area contributed by atoms with Crippen molar-refractivity contribution in [3.63, 3.8) is 0 Å². The topological polar surface area (TPSA) is 11.4 Å². The summed E-state index contributed by atoms with van der Waals surface area (Å²) in [6.45, 7) is 20.0. The molecular weight excluding hydrogens is 1050 g/mol. The quantitative estimate of drug-likeness (QED) is 0.147. The van der Waals surface area contributed by atoms with Gasteiger partial charge in [0.2, 0.25) is 0 Å². The van der Waals surface area contributed by atoms with E-state index in [4.69, 9.17) is 2.74 Å². The van der Waals surface area contributed by atoms with Crippen LogP contribution >= 0.6 is 0 Å². The van der Waals surface area contributed by atoms with Crippen LogP contribution in [0.3, 0.4) is 0 Å². The number of hydrogen-bond donors (Lipinski definition) is 0. The van der Waals surface area contributed by atoms with Gasteiger partial charge < -0.3 is 14.4 Å². The van der Waals surface area contributed by atoms with E-state index in [-0.39, 0.29) is 56.8 Å². The number of rotatable bonds is 7. The average Bonchev–Trinajstić information content (AvgIpc) is 1.28. The second kappa shape index (κ2) is 20.5. The van der Waals surface area contributed by atoms with Crippen LogP contribution in [0.5, 0.6) is 0 Å². The lowest BCUT2D eigenvalue weighted by Crippen LogP contribution is -2.62. The lowest BCUT2D eigenvalue weighted by molar-refractivity contribution is 0.589. The average molecular weight is 1140 g/mol. The highest BCUT2D eigenvalue weighted by Gasteiger charge is 2.47. The number of fused-ring (bicyclic) bond motifs is 7. The zero-order valence-corrected chi connectivity index (χ0v) is 51.4. The normalized spacial score (nSPS) is 16.0. The smallest absolute Gasteiger partial charge is 0.252 e. The van der Waals surface area contributed by atoms with Crippen molar-refractivity contribution in [2.24, 2.45) is 0 Å². The summed E-state index contributed by atoms with van der Waals surface area (Å²) in [6.07, 6.45) is 0. The van der Waals surface area contributed by atoms with E-state index in [2.05, 4.69) is 122 Å². The molecule has 0 bridgehead atoms. The van der Waals surface area contributed by atoms with Gasteiger partial charge in [0, 0.05) is 65.6 Å². The van der Waals surface area contributed by atoms with Gasteiger partial charge >= 0.3 is 0 Å². The highest BCUT2D eigenvalue weighted by atomic mass is 15.2. The Labute approximate surface area is 539 Å². The van der Waals surface area contributed by atoms with Crippen molar-refractivity contribution in [3.05, 3.63) is 264 Å². The van der Waals surface area contributed by atoms with E-state index in [1.54, 1.807) is 0 Å². The minimum atomic E-state index is -3.38. The van der Waals surface area contributed by atoms with Crippen LogP contribution in [0.25, 0.3) is 72.0 Å². The van der Waals surface area contributed by atoms with E-state index in [1.165, 1.54) is 0 Å². The van der Waals surface area contributed by atoms with Gasteiger partial charge in [-0.05, 0) is 156 Å². The maximum Gasteiger partial charge on any atom is 0.252 e. The maximum absolute atomic E-state index is 11.6. The number of nitrogens with zero attached hydrogens (tertiary/aromatic N) is 3. The Morgan fingerprint density at radius 3 is 1.14 bits per heavy atom. The Morgan fingerprint density at radius 2 is 0.747 bits per heavy atom. The fourth-order valence-corrected chi connectivity index (χ4v) is 12.7. The Balaban J connectivity index is 1.32. The monoisotopic (exact) mass is 1140 g/mol. The van der Waals surface area contributed by atoms with Gasteiger partial charge in [-0.25, -0.2) is 0 Å². The van der Waals surface area contributed by atoms with Crippen molar-refractivity contribution in [1.29, 1.82) is 0 Å². The van der Waals surface area contributed by atoms with Crippen LogP contribution in [0.15, 0.2) is 236 Å². The summed E-state index contributed by atoms with van der Waals surface area (Å²) in [5, 5.41) is -0.670. The van der Waals surface area contributed by atoms with E-state index in [0.717, 1.165) is 54.6 Å². The lowest BCUT2D eigenvalue weighted by atomic mass is 9.32. The largest absolute Gasteiger partial charge is 0.310 e. The summed E-state index contributed by atoms with van der Waals surface area (Å²) in [7, 11) is 0. The number of benzene rings is 11. The molecule has 11 aromatic carbocycles. The predicted octanol–water partition coefficient (Wildman–Crippen LogP) is 21.0. The molecule has 2 aliphatic rings. The molecular formula is C83H78BN3. The molecule has 0 aliphatic carbocycles. The first-order valence-corrected chi connectivity index (χ1v) is 30.0. The van der Waals surface area contributed by atoms with Gasteiger partial charge in [0.1, 0.15) is 0 Å². The van der Waals surface area contributed by atoms with E-state index in [9.17, 15) is 19.2 Å². The first kappa shape index (κ1) is 40.3. The highest BCUT2D eigenvalue weighted by molar-refractivity contribution is 7.00. The van der Waals surface area contributed by atoms with Crippen LogP contribution in [0, 0.1) is 6.85 Å². The molecule has 0 atom stereocenters. The summed E-state index contributed by atoms with van der Waals surface area (Å²) in [6, 6.07) is 44.5. The molecule has 1 aromatic heterocycles. The summed E-state index contributed by atoms with van der Waals surface area (Å²) >= 11 is 0. The van der Waals surface area contributed by atoms with Crippen molar-refractivity contribution >= 4 is 79.0 Å². The molecule has 428 valence electrons. The molecule has 0 radical (unpaired) electrons. The van der Waals surface area contributed by atoms with Crippen LogP contribution in [0.2, 0.25) is 0 Å². The van der Waals surface area contributed by atoms with Crippen molar-refractivity contribution in [3.8, 4) is 50.2 Å². The van der Waals surface area contributed by atoms with Gasteiger partial charge in [-0.1, -0.05) is 258 Å². The molecule has 12 aromatic rings. The Morgan fingerprint density at radius 1 is 0.368 bits per heavy atom. The number of anilines is 6. The van der Waals surface area contributed by atoms with Crippen LogP contribution in [-0.4, -0.2) is 11.3 Å². The summed E-state index contributed by atoms with van der Waals surface area (Å²) in [4.78, 5) is 3.99. The Kier molecular flexibility index (Phi) is 9.51. The predicted molar refractivity (Wildman–Crippen MR) is 376 cm³/mol. The van der Waals surface area contributed by atoms with Crippen LogP contribution in [0.1, 0.15) is 133 Å². The molecule has 0 fully saturated rings. The zero-order valence-electron chi connectivity index (χ0n) is 67.4. The van der Waals surface area contributed by atoms with Gasteiger partial charge in [0.05, 0.1) is 40.2 Å². The molecule has 0 saturated carbocycles. The minimum absolute atomic E-state index is 0.0610. The van der Waals surface area contributed by atoms with Crippen molar-refractivity contribution in [2.75, 3.05) is 9.80 Å². The first-order chi connectivity index (χ1) is 48.3. The number of para-hydroxylation sites is 2. The van der Waals surface area contributed by atoms with Gasteiger partial charge in [-0.2, -0.15) is 0 Å². The molecule has 2 aliphatic heterocycles. The van der Waals surface area contributed by atoms with E-state index in [1.807, 2.05) is 129 Å². The SMILES string of the molecule is [2H]c1c([2H])c(C(C)(C)C)c([2H])c2c1B1c3c(cc(C(C)(C)C)cc3N(c3c(-c4ccccc4)cc(C(C)(C)C)cc3-c3ccccc3)c3c([2H])c(-n4c5c([2H])c([2H])c([2H])c([2H])c5c5c([2H])c([2H])c([2H])c([2H])c54)c([2H])c(C([2H])([2H])[2H])c31)N2c1c(-c2ccccc2)cc(C(C)(C)C)cc1-c1ccccc1. The second-order valence-corrected chi connectivity index (χ2v) is 27.4. The van der Waals surface area contributed by atoms with E-state index in [0.29, 0.717) is 39.3 Å². The number of aromatic nitrogens is 1. The minimum Gasteiger partial charge on any atom is -0.310 e. The molecule has 14 rings (SSSR count). The molecule has 0 saturated heterocycles. The molecule has 0 unspecified atom stereocenters. The third-order valence-electron chi connectivity index (χ3n) is 17.4. The van der Waals surface area contributed by atoms with Crippen LogP contribution in [0.4, 0.5) is 34.1 Å². The standard InChI is InChI=1S/C83H78BN3/c1-53-44-62(85-70-40-28-26-38-63(70)64-39-27-29-41-71(64)85)52-75-76(53)84-69-43-42-58(80(2,3)4)49-72(69)86(78-65(54-30-18-14-19-31-54)45-59(81(5,6)7)46-66(78)55-32-20-15-21-33-55)73-50-61(83(11,12)13)51-74(77(73)84)87(75)79-67(56-34-22-16-23-35-56)47-60(82(8,9)10)48-68(79)57-36-24-17-25-37-57/h14-52H,1-13H3/i1D3,26D,27D,28D,29D,38D,39D,40D,41D,42D,43D,44D,49D,52D. The van der Waals surface area contributed by atoms with Crippen molar-refractivity contribution < 1.29 is 21.9 Å². The van der Waals surface area contributed by atoms with Crippen molar-refractivity contribution in [1.82, 2.24) is 4.57 Å². The molecule has 0 amide bonds. The summed E-state index contributed by atoms with van der Waals surface area (Å²) in [5.74, 6) is 0. The third kappa shape index (κ3) is 9.42. The van der Waals surface area contributed by atoms with Crippen LogP contribution < -0.4 is 26.2 Å². The second-order valence-electron chi connectivity index (χ2n) is 27.4. The zero-order chi connectivity index (χ0) is 74.3. The first-order valence-electron chi connectivity index (χ1n) is 38.0. The lowest BCUT2D eigenvalue weighted by Gasteiger charge is -2.47. The van der Waals surface area contributed by atoms with Gasteiger partial charge in [-0.15, -0.1) is 0 Å². The molecule has 0 N–H and O–H groups in total. The Hall–Kier alpha value is -9.12. The molecule has 87 heavy (non-hydrogen) atoms.